The maximum atomic E-state index is 9.71. The second-order valence-corrected chi connectivity index (χ2v) is 1.22. The molecule has 0 aliphatic carbocycles. The van der Waals surface area contributed by atoms with Crippen LogP contribution in [-0.4, -0.2) is 11.1 Å². The molecule has 0 rings (SSSR count). The third-order valence-corrected chi connectivity index (χ3v) is 0.562. The molecule has 0 bridgehead atoms. The Morgan fingerprint density at radius 1 is 1.88 bits per heavy atom. The van der Waals surface area contributed by atoms with Gasteiger partial charge in [0, 0.05) is 6.42 Å². The average Bonchev–Trinajstić information content (AvgIpc) is 1.61. The van der Waals surface area contributed by atoms with Crippen LogP contribution in [0.1, 0.15) is 14.3 Å². The molecule has 3 heteroatoms. The molecule has 0 saturated carbocycles. The quantitative estimate of drug-likeness (QED) is 0.369. The van der Waals surface area contributed by atoms with Crippen molar-refractivity contribution in [1.82, 2.24) is 0 Å². The molecule has 0 fully saturated rings. The number of carboxylic acids is 1. The van der Waals surface area contributed by atoms with Gasteiger partial charge in [0.25, 0.3) is 0 Å². The molecule has 2 nitrogen and oxygen atoms in total. The number of carboxylic acid groups (broad SMARTS) is 1. The Balaban J connectivity index is -0.000000180. The standard InChI is InChI=1S/C5H8O2.K.H/c1-2-3-4-5(6)7;;/h2H,1,3-4H2,(H,6,7);;/q;+1;-1. The first-order valence-corrected chi connectivity index (χ1v) is 2.10. The number of hydrogen-bond acceptors (Lipinski definition) is 1. The Kier molecular flexibility index (Phi) is 11.4. The smallest absolute Gasteiger partial charge is 1.00 e. The molecular formula is C5H9KO2. The molecule has 0 radical (unpaired) electrons. The summed E-state index contributed by atoms with van der Waals surface area (Å²) < 4.78 is 0. The first kappa shape index (κ1) is 11.6. The fourth-order valence-corrected chi connectivity index (χ4v) is 0.226. The van der Waals surface area contributed by atoms with Crippen molar-refractivity contribution >= 4 is 5.97 Å². The SMILES string of the molecule is C=CCCC(=O)O.[H-].[K+]. The summed E-state index contributed by atoms with van der Waals surface area (Å²) in [5, 5.41) is 8.00. The van der Waals surface area contributed by atoms with E-state index in [1.54, 1.807) is 6.08 Å². The summed E-state index contributed by atoms with van der Waals surface area (Å²) in [7, 11) is 0. The van der Waals surface area contributed by atoms with E-state index in [9.17, 15) is 4.79 Å². The molecule has 1 N–H and O–H groups in total. The zero-order chi connectivity index (χ0) is 5.70. The fourth-order valence-electron chi connectivity index (χ4n) is 0.226. The Hall–Kier alpha value is 0.846. The van der Waals surface area contributed by atoms with E-state index in [2.05, 4.69) is 6.58 Å². The van der Waals surface area contributed by atoms with Gasteiger partial charge in [-0.1, -0.05) is 6.08 Å². The van der Waals surface area contributed by atoms with Gasteiger partial charge in [-0.15, -0.1) is 6.58 Å². The topological polar surface area (TPSA) is 37.3 Å². The largest absolute Gasteiger partial charge is 1.00 e. The number of carbonyl (C=O) groups is 1. The number of aliphatic carboxylic acids is 1. The van der Waals surface area contributed by atoms with Crippen molar-refractivity contribution in [2.75, 3.05) is 0 Å². The Bertz CT molecular complexity index is 85.0. The monoisotopic (exact) mass is 140 g/mol. The molecule has 0 unspecified atom stereocenters. The van der Waals surface area contributed by atoms with Gasteiger partial charge in [0.15, 0.2) is 0 Å². The van der Waals surface area contributed by atoms with E-state index in [1.165, 1.54) is 0 Å². The minimum absolute atomic E-state index is 0. The zero-order valence-corrected chi connectivity index (χ0v) is 8.18. The van der Waals surface area contributed by atoms with E-state index >= 15 is 0 Å². The number of hydrogen-bond donors (Lipinski definition) is 1. The maximum Gasteiger partial charge on any atom is 1.00 e. The van der Waals surface area contributed by atoms with Crippen molar-refractivity contribution in [3.8, 4) is 0 Å². The Morgan fingerprint density at radius 3 is 2.50 bits per heavy atom. The van der Waals surface area contributed by atoms with Crippen molar-refractivity contribution in [2.24, 2.45) is 0 Å². The molecule has 42 valence electrons. The predicted molar refractivity (Wildman–Crippen MR) is 28.2 cm³/mol. The van der Waals surface area contributed by atoms with Gasteiger partial charge in [0.05, 0.1) is 0 Å². The van der Waals surface area contributed by atoms with Crippen LogP contribution in [0.2, 0.25) is 0 Å². The minimum Gasteiger partial charge on any atom is -1.00 e. The van der Waals surface area contributed by atoms with Crippen LogP contribution >= 0.6 is 0 Å². The molecule has 0 atom stereocenters. The van der Waals surface area contributed by atoms with Gasteiger partial charge in [-0.2, -0.15) is 0 Å². The van der Waals surface area contributed by atoms with Gasteiger partial charge >= 0.3 is 57.4 Å². The van der Waals surface area contributed by atoms with Crippen LogP contribution in [0.25, 0.3) is 0 Å². The third-order valence-electron chi connectivity index (χ3n) is 0.562. The molecule has 0 aliphatic heterocycles. The van der Waals surface area contributed by atoms with E-state index < -0.39 is 5.97 Å². The molecule has 0 aromatic heterocycles. The van der Waals surface area contributed by atoms with E-state index in [4.69, 9.17) is 5.11 Å². The molecular weight excluding hydrogens is 131 g/mol. The Morgan fingerprint density at radius 2 is 2.38 bits per heavy atom. The molecule has 0 aromatic rings. The van der Waals surface area contributed by atoms with Crippen LogP contribution in [0.15, 0.2) is 12.7 Å². The van der Waals surface area contributed by atoms with Crippen molar-refractivity contribution < 1.29 is 62.7 Å². The van der Waals surface area contributed by atoms with Crippen LogP contribution in [-0.2, 0) is 4.79 Å². The summed E-state index contributed by atoms with van der Waals surface area (Å²) >= 11 is 0. The molecule has 0 saturated heterocycles. The van der Waals surface area contributed by atoms with Gasteiger partial charge < -0.3 is 6.53 Å². The predicted octanol–water partition coefficient (Wildman–Crippen LogP) is -1.85. The summed E-state index contributed by atoms with van der Waals surface area (Å²) in [5.74, 6) is -0.764. The fraction of sp³-hybridized carbons (Fsp3) is 0.400. The first-order chi connectivity index (χ1) is 3.27. The Labute approximate surface area is 92.9 Å². The summed E-state index contributed by atoms with van der Waals surface area (Å²) in [6.45, 7) is 3.37. The number of rotatable bonds is 3. The normalized spacial score (nSPS) is 7.00. The second kappa shape index (κ2) is 7.85. The molecule has 0 amide bonds. The zero-order valence-electron chi connectivity index (χ0n) is 6.05. The molecule has 0 aromatic carbocycles. The van der Waals surface area contributed by atoms with Crippen LogP contribution in [0, 0.1) is 0 Å². The van der Waals surface area contributed by atoms with E-state index in [1.807, 2.05) is 0 Å². The van der Waals surface area contributed by atoms with Gasteiger partial charge in [-0.05, 0) is 6.42 Å². The summed E-state index contributed by atoms with van der Waals surface area (Å²) in [5.41, 5.74) is 0. The van der Waals surface area contributed by atoms with Crippen molar-refractivity contribution in [2.45, 2.75) is 12.8 Å². The van der Waals surface area contributed by atoms with Crippen molar-refractivity contribution in [3.05, 3.63) is 12.7 Å². The summed E-state index contributed by atoms with van der Waals surface area (Å²) in [6, 6.07) is 0. The van der Waals surface area contributed by atoms with Crippen LogP contribution in [0.3, 0.4) is 0 Å². The van der Waals surface area contributed by atoms with Crippen molar-refractivity contribution in [3.63, 3.8) is 0 Å². The maximum absolute atomic E-state index is 9.71. The second-order valence-electron chi connectivity index (χ2n) is 1.22. The molecule has 0 spiro atoms. The summed E-state index contributed by atoms with van der Waals surface area (Å²) in [4.78, 5) is 9.71. The van der Waals surface area contributed by atoms with Crippen molar-refractivity contribution in [1.29, 1.82) is 0 Å². The van der Waals surface area contributed by atoms with Crippen LogP contribution in [0.5, 0.6) is 0 Å². The molecule has 0 heterocycles. The molecule has 8 heavy (non-hydrogen) atoms. The van der Waals surface area contributed by atoms with Gasteiger partial charge in [-0.3, -0.25) is 4.79 Å². The van der Waals surface area contributed by atoms with Crippen LogP contribution < -0.4 is 51.4 Å². The third kappa shape index (κ3) is 9.96. The van der Waals surface area contributed by atoms with Crippen LogP contribution in [0.4, 0.5) is 0 Å². The van der Waals surface area contributed by atoms with E-state index in [0.717, 1.165) is 0 Å². The number of allylic oxidation sites excluding steroid dienone is 1. The van der Waals surface area contributed by atoms with E-state index in [0.29, 0.717) is 6.42 Å². The van der Waals surface area contributed by atoms with Gasteiger partial charge in [0.1, 0.15) is 0 Å². The average molecular weight is 140 g/mol. The summed E-state index contributed by atoms with van der Waals surface area (Å²) in [6.07, 6.45) is 2.35. The molecule has 0 aliphatic rings. The van der Waals surface area contributed by atoms with Gasteiger partial charge in [-0.25, -0.2) is 0 Å². The first-order valence-electron chi connectivity index (χ1n) is 2.10. The minimum atomic E-state index is -0.764. The van der Waals surface area contributed by atoms with E-state index in [-0.39, 0.29) is 59.2 Å². The van der Waals surface area contributed by atoms with Gasteiger partial charge in [0.2, 0.25) is 0 Å².